The van der Waals surface area contributed by atoms with Crippen molar-refractivity contribution >= 4 is 17.3 Å². The first-order valence-electron chi connectivity index (χ1n) is 7.21. The summed E-state index contributed by atoms with van der Waals surface area (Å²) in [5.74, 6) is 0.754. The number of rotatable bonds is 4. The summed E-state index contributed by atoms with van der Waals surface area (Å²) in [5, 5.41) is 16.8. The molecule has 0 aliphatic heterocycles. The first-order chi connectivity index (χ1) is 9.93. The van der Waals surface area contributed by atoms with E-state index in [0.29, 0.717) is 23.1 Å². The lowest BCUT2D eigenvalue weighted by Gasteiger charge is -2.20. The number of hydrogen-bond acceptors (Lipinski definition) is 4. The van der Waals surface area contributed by atoms with Crippen molar-refractivity contribution in [1.82, 2.24) is 5.32 Å². The summed E-state index contributed by atoms with van der Waals surface area (Å²) in [6.45, 7) is 4.32. The fourth-order valence-corrected chi connectivity index (χ4v) is 2.87. The van der Waals surface area contributed by atoms with Crippen LogP contribution in [0.15, 0.2) is 18.2 Å². The van der Waals surface area contributed by atoms with Gasteiger partial charge in [0.15, 0.2) is 0 Å². The van der Waals surface area contributed by atoms with E-state index >= 15 is 0 Å². The number of anilines is 1. The van der Waals surface area contributed by atoms with Gasteiger partial charge in [-0.1, -0.05) is 13.8 Å². The van der Waals surface area contributed by atoms with E-state index < -0.39 is 4.92 Å². The Hall–Kier alpha value is -2.11. The van der Waals surface area contributed by atoms with E-state index in [9.17, 15) is 14.9 Å². The highest BCUT2D eigenvalue weighted by molar-refractivity contribution is 6.00. The molecule has 2 rings (SSSR count). The molecule has 1 aliphatic rings. The monoisotopic (exact) mass is 291 g/mol. The second kappa shape index (κ2) is 6.11. The topological polar surface area (TPSA) is 84.3 Å². The first kappa shape index (κ1) is 15.3. The summed E-state index contributed by atoms with van der Waals surface area (Å²) in [4.78, 5) is 22.8. The van der Waals surface area contributed by atoms with Gasteiger partial charge in [-0.05, 0) is 30.7 Å². The zero-order valence-corrected chi connectivity index (χ0v) is 12.6. The molecule has 1 saturated carbocycles. The number of benzene rings is 1. The summed E-state index contributed by atoms with van der Waals surface area (Å²) in [6, 6.07) is 4.41. The van der Waals surface area contributed by atoms with Crippen molar-refractivity contribution in [2.75, 3.05) is 12.4 Å². The molecule has 2 N–H and O–H groups in total. The zero-order chi connectivity index (χ0) is 15.6. The number of hydrogen-bond donors (Lipinski definition) is 2. The molecular formula is C15H21N3O3. The van der Waals surface area contributed by atoms with E-state index in [0.717, 1.165) is 12.8 Å². The number of nitrogens with zero attached hydrogens (tertiary/aromatic N) is 1. The molecule has 1 amide bonds. The highest BCUT2D eigenvalue weighted by Gasteiger charge is 2.31. The van der Waals surface area contributed by atoms with Gasteiger partial charge in [-0.25, -0.2) is 0 Å². The van der Waals surface area contributed by atoms with Crippen LogP contribution in [0.3, 0.4) is 0 Å². The van der Waals surface area contributed by atoms with Crippen LogP contribution < -0.4 is 10.6 Å². The standard InChI is InChI=1S/C15H21N3O3/c1-9-4-6-13(10(9)2)17-15(19)12-8-11(18(20)21)5-7-14(12)16-3/h5,7-10,13,16H,4,6H2,1-3H3,(H,17,19). The average Bonchev–Trinajstić information content (AvgIpc) is 2.78. The Morgan fingerprint density at radius 1 is 1.33 bits per heavy atom. The van der Waals surface area contributed by atoms with Gasteiger partial charge in [0, 0.05) is 30.9 Å². The van der Waals surface area contributed by atoms with Gasteiger partial charge in [-0.15, -0.1) is 0 Å². The molecule has 21 heavy (non-hydrogen) atoms. The smallest absolute Gasteiger partial charge is 0.270 e. The molecule has 1 aromatic rings. The maximum Gasteiger partial charge on any atom is 0.270 e. The molecule has 114 valence electrons. The number of non-ortho nitro benzene ring substituents is 1. The van der Waals surface area contributed by atoms with Crippen LogP contribution in [0.4, 0.5) is 11.4 Å². The Labute approximate surface area is 124 Å². The van der Waals surface area contributed by atoms with Crippen LogP contribution in [-0.4, -0.2) is 23.9 Å². The summed E-state index contributed by atoms with van der Waals surface area (Å²) in [5.41, 5.74) is 0.835. The van der Waals surface area contributed by atoms with Crippen molar-refractivity contribution in [3.8, 4) is 0 Å². The number of nitro benzene ring substituents is 1. The summed E-state index contributed by atoms with van der Waals surface area (Å²) in [6.07, 6.45) is 2.05. The maximum absolute atomic E-state index is 12.4. The lowest BCUT2D eigenvalue weighted by molar-refractivity contribution is -0.384. The Balaban J connectivity index is 2.21. The van der Waals surface area contributed by atoms with Crippen molar-refractivity contribution < 1.29 is 9.72 Å². The second-order valence-electron chi connectivity index (χ2n) is 5.73. The van der Waals surface area contributed by atoms with Crippen LogP contribution in [0.5, 0.6) is 0 Å². The Kier molecular flexibility index (Phi) is 4.45. The molecule has 0 heterocycles. The predicted octanol–water partition coefficient (Wildman–Crippen LogP) is 2.80. The molecule has 6 heteroatoms. The first-order valence-corrected chi connectivity index (χ1v) is 7.21. The molecule has 3 unspecified atom stereocenters. The van der Waals surface area contributed by atoms with Gasteiger partial charge in [-0.3, -0.25) is 14.9 Å². The molecule has 3 atom stereocenters. The summed E-state index contributed by atoms with van der Waals surface area (Å²) in [7, 11) is 1.69. The second-order valence-corrected chi connectivity index (χ2v) is 5.73. The zero-order valence-electron chi connectivity index (χ0n) is 12.6. The Morgan fingerprint density at radius 2 is 2.05 bits per heavy atom. The van der Waals surface area contributed by atoms with Gasteiger partial charge >= 0.3 is 0 Å². The van der Waals surface area contributed by atoms with E-state index in [1.165, 1.54) is 12.1 Å². The summed E-state index contributed by atoms with van der Waals surface area (Å²) < 4.78 is 0. The van der Waals surface area contributed by atoms with E-state index in [-0.39, 0.29) is 17.6 Å². The van der Waals surface area contributed by atoms with Crippen LogP contribution in [0.2, 0.25) is 0 Å². The van der Waals surface area contributed by atoms with Gasteiger partial charge in [0.2, 0.25) is 0 Å². The van der Waals surface area contributed by atoms with E-state index in [2.05, 4.69) is 24.5 Å². The largest absolute Gasteiger partial charge is 0.387 e. The molecular weight excluding hydrogens is 270 g/mol. The van der Waals surface area contributed by atoms with Crippen molar-refractivity contribution in [2.45, 2.75) is 32.7 Å². The summed E-state index contributed by atoms with van der Waals surface area (Å²) >= 11 is 0. The normalized spacial score (nSPS) is 24.6. The maximum atomic E-state index is 12.4. The van der Waals surface area contributed by atoms with Crippen molar-refractivity contribution in [1.29, 1.82) is 0 Å². The van der Waals surface area contributed by atoms with E-state index in [1.807, 2.05) is 0 Å². The minimum Gasteiger partial charge on any atom is -0.387 e. The third kappa shape index (κ3) is 3.15. The number of nitro groups is 1. The van der Waals surface area contributed by atoms with Crippen LogP contribution >= 0.6 is 0 Å². The number of carbonyl (C=O) groups is 1. The SMILES string of the molecule is CNc1ccc([N+](=O)[O-])cc1C(=O)NC1CCC(C)C1C. The minimum atomic E-state index is -0.490. The van der Waals surface area contributed by atoms with Crippen LogP contribution in [0.1, 0.15) is 37.0 Å². The number of carbonyl (C=O) groups excluding carboxylic acids is 1. The van der Waals surface area contributed by atoms with Gasteiger partial charge in [0.05, 0.1) is 10.5 Å². The van der Waals surface area contributed by atoms with Gasteiger partial charge in [-0.2, -0.15) is 0 Å². The van der Waals surface area contributed by atoms with Gasteiger partial charge in [0.1, 0.15) is 0 Å². The molecule has 0 radical (unpaired) electrons. The highest BCUT2D eigenvalue weighted by atomic mass is 16.6. The molecule has 0 aromatic heterocycles. The molecule has 6 nitrogen and oxygen atoms in total. The fourth-order valence-electron chi connectivity index (χ4n) is 2.87. The van der Waals surface area contributed by atoms with Crippen molar-refractivity contribution in [3.05, 3.63) is 33.9 Å². The average molecular weight is 291 g/mol. The predicted molar refractivity (Wildman–Crippen MR) is 81.5 cm³/mol. The number of amides is 1. The third-order valence-corrected chi connectivity index (χ3v) is 4.51. The lowest BCUT2D eigenvalue weighted by atomic mass is 9.97. The molecule has 1 aliphatic carbocycles. The Morgan fingerprint density at radius 3 is 2.57 bits per heavy atom. The van der Waals surface area contributed by atoms with E-state index in [4.69, 9.17) is 0 Å². The molecule has 0 spiro atoms. The fraction of sp³-hybridized carbons (Fsp3) is 0.533. The molecule has 0 saturated heterocycles. The minimum absolute atomic E-state index is 0.0769. The van der Waals surface area contributed by atoms with Crippen LogP contribution in [-0.2, 0) is 0 Å². The molecule has 1 aromatic carbocycles. The van der Waals surface area contributed by atoms with Crippen molar-refractivity contribution in [2.24, 2.45) is 11.8 Å². The van der Waals surface area contributed by atoms with Gasteiger partial charge in [0.25, 0.3) is 11.6 Å². The molecule has 1 fully saturated rings. The van der Waals surface area contributed by atoms with Gasteiger partial charge < -0.3 is 10.6 Å². The van der Waals surface area contributed by atoms with E-state index in [1.54, 1.807) is 13.1 Å². The quantitative estimate of drug-likeness (QED) is 0.660. The highest BCUT2D eigenvalue weighted by Crippen LogP contribution is 2.31. The van der Waals surface area contributed by atoms with Crippen LogP contribution in [0.25, 0.3) is 0 Å². The third-order valence-electron chi connectivity index (χ3n) is 4.51. The van der Waals surface area contributed by atoms with Crippen molar-refractivity contribution in [3.63, 3.8) is 0 Å². The Bertz CT molecular complexity index is 559. The lowest BCUT2D eigenvalue weighted by Crippen LogP contribution is -2.37. The molecule has 0 bridgehead atoms. The van der Waals surface area contributed by atoms with Crippen LogP contribution in [0, 0.1) is 22.0 Å². The number of nitrogens with one attached hydrogen (secondary N) is 2.